The maximum atomic E-state index is 14.0. The number of fused-ring (bicyclic) bond motifs is 1. The highest BCUT2D eigenvalue weighted by Gasteiger charge is 2.24. The molecule has 2 atom stereocenters. The second-order valence-electron chi connectivity index (χ2n) is 10.9. The molecule has 4 heteroatoms. The van der Waals surface area contributed by atoms with Gasteiger partial charge in [0.05, 0.1) is 6.61 Å². The molecule has 1 heterocycles. The monoisotopic (exact) mass is 525 g/mol. The lowest BCUT2D eigenvalue weighted by molar-refractivity contribution is -0.114. The minimum absolute atomic E-state index is 0.0404. The Morgan fingerprint density at radius 1 is 1.03 bits per heavy atom. The lowest BCUT2D eigenvalue weighted by Crippen LogP contribution is -2.16. The number of Topliss-reactive ketones (excluding diaryl/α,β-unsaturated/α-hetero) is 1. The van der Waals surface area contributed by atoms with Crippen molar-refractivity contribution >= 4 is 17.0 Å². The lowest BCUT2D eigenvalue weighted by Gasteiger charge is -2.20. The third-order valence-corrected chi connectivity index (χ3v) is 7.87. The third-order valence-electron chi connectivity index (χ3n) is 7.87. The van der Waals surface area contributed by atoms with Gasteiger partial charge in [0.2, 0.25) is 0 Å². The Morgan fingerprint density at radius 3 is 2.41 bits per heavy atom. The van der Waals surface area contributed by atoms with E-state index in [1.807, 2.05) is 62.5 Å². The average Bonchev–Trinajstić information content (AvgIpc) is 3.33. The molecule has 1 aliphatic rings. The molecule has 2 unspecified atom stereocenters. The predicted molar refractivity (Wildman–Crippen MR) is 161 cm³/mol. The first-order chi connectivity index (χ1) is 18.8. The first kappa shape index (κ1) is 28.8. The van der Waals surface area contributed by atoms with E-state index < -0.39 is 6.29 Å². The summed E-state index contributed by atoms with van der Waals surface area (Å²) in [5, 5.41) is 10.8. The number of aliphatic hydroxyl groups is 1. The van der Waals surface area contributed by atoms with Crippen molar-refractivity contribution in [2.45, 2.75) is 73.0 Å². The van der Waals surface area contributed by atoms with Gasteiger partial charge >= 0.3 is 0 Å². The van der Waals surface area contributed by atoms with Crippen molar-refractivity contribution in [1.29, 1.82) is 0 Å². The fraction of sp³-hybridized carbons (Fsp3) is 0.400. The third kappa shape index (κ3) is 6.87. The Kier molecular flexibility index (Phi) is 9.77. The number of rotatable bonds is 12. The summed E-state index contributed by atoms with van der Waals surface area (Å²) in [6, 6.07) is 20.1. The summed E-state index contributed by atoms with van der Waals surface area (Å²) in [5.41, 5.74) is 8.54. The summed E-state index contributed by atoms with van der Waals surface area (Å²) >= 11 is 0. The van der Waals surface area contributed by atoms with Crippen LogP contribution in [0.15, 0.2) is 66.9 Å². The molecule has 0 aliphatic carbocycles. The topological polar surface area (TPSA) is 49.8 Å². The number of ether oxygens (including phenoxy) is 1. The lowest BCUT2D eigenvalue weighted by atomic mass is 9.90. The van der Waals surface area contributed by atoms with E-state index in [4.69, 9.17) is 4.74 Å². The van der Waals surface area contributed by atoms with Gasteiger partial charge in [-0.3, -0.25) is 4.79 Å². The minimum Gasteiger partial charge on any atom is -0.364 e. The van der Waals surface area contributed by atoms with E-state index in [0.717, 1.165) is 70.4 Å². The van der Waals surface area contributed by atoms with E-state index in [1.54, 1.807) is 0 Å². The summed E-state index contributed by atoms with van der Waals surface area (Å²) in [5.74, 6) is 0.517. The molecule has 0 spiro atoms. The predicted octanol–water partition coefficient (Wildman–Crippen LogP) is 8.12. The Labute approximate surface area is 234 Å². The van der Waals surface area contributed by atoms with Crippen molar-refractivity contribution in [3.63, 3.8) is 0 Å². The molecule has 0 fully saturated rings. The van der Waals surface area contributed by atoms with E-state index in [9.17, 15) is 9.90 Å². The molecule has 1 N–H and O–H groups in total. The highest BCUT2D eigenvalue weighted by Crippen LogP contribution is 2.34. The zero-order chi connectivity index (χ0) is 27.9. The Bertz CT molecular complexity index is 1290. The van der Waals surface area contributed by atoms with Gasteiger partial charge in [-0.1, -0.05) is 87.2 Å². The summed E-state index contributed by atoms with van der Waals surface area (Å²) in [7, 11) is 0. The number of hydrogen-bond acceptors (Lipinski definition) is 4. The van der Waals surface area contributed by atoms with Crippen LogP contribution in [0.1, 0.15) is 89.6 Å². The van der Waals surface area contributed by atoms with Crippen molar-refractivity contribution in [2.75, 3.05) is 18.1 Å². The van der Waals surface area contributed by atoms with Crippen molar-refractivity contribution in [3.05, 3.63) is 106 Å². The van der Waals surface area contributed by atoms with E-state index in [0.29, 0.717) is 18.1 Å². The zero-order valence-electron chi connectivity index (χ0n) is 24.2. The number of carbonyl (C=O) groups excluding carboxylic acids is 1. The van der Waals surface area contributed by atoms with Crippen LogP contribution in [0, 0.1) is 26.7 Å². The first-order valence-corrected chi connectivity index (χ1v) is 14.4. The standard InChI is InChI=1S/C35H43NO3/c1-6-8-12-27(7-2)23-39-35(38)30-15-16-32-29(21-30)17-18-36(32)22-31(28-13-10-9-11-14-28)34(37)33-25(4)19-24(3)20-26(33)5/h9-11,13-16,19-22,27,35,38H,6-8,12,17-18,23H2,1-5H3/b31-22+. The maximum absolute atomic E-state index is 14.0. The molecule has 0 bridgehead atoms. The van der Waals surface area contributed by atoms with Gasteiger partial charge in [-0.25, -0.2) is 0 Å². The number of benzene rings is 3. The largest absolute Gasteiger partial charge is 0.364 e. The van der Waals surface area contributed by atoms with E-state index in [1.165, 1.54) is 12.8 Å². The molecule has 3 aromatic rings. The number of aryl methyl sites for hydroxylation is 3. The van der Waals surface area contributed by atoms with Crippen molar-refractivity contribution in [2.24, 2.45) is 5.92 Å². The van der Waals surface area contributed by atoms with Crippen molar-refractivity contribution in [1.82, 2.24) is 0 Å². The van der Waals surface area contributed by atoms with Gasteiger partial charge in [-0.15, -0.1) is 0 Å². The number of allylic oxidation sites excluding steroid dienone is 1. The Balaban J connectivity index is 1.59. The molecular weight excluding hydrogens is 482 g/mol. The second-order valence-corrected chi connectivity index (χ2v) is 10.9. The number of carbonyl (C=O) groups is 1. The Hall–Kier alpha value is -3.21. The van der Waals surface area contributed by atoms with Crippen LogP contribution in [0.25, 0.3) is 5.57 Å². The van der Waals surface area contributed by atoms with Crippen LogP contribution in [-0.4, -0.2) is 24.0 Å². The fourth-order valence-electron chi connectivity index (χ4n) is 5.67. The van der Waals surface area contributed by atoms with Gasteiger partial charge in [0.15, 0.2) is 12.1 Å². The molecule has 4 rings (SSSR count). The number of ketones is 1. The van der Waals surface area contributed by atoms with Gasteiger partial charge in [0.25, 0.3) is 0 Å². The fourth-order valence-corrected chi connectivity index (χ4v) is 5.67. The number of hydrogen-bond donors (Lipinski definition) is 1. The highest BCUT2D eigenvalue weighted by molar-refractivity contribution is 6.30. The highest BCUT2D eigenvalue weighted by atomic mass is 16.6. The molecule has 4 nitrogen and oxygen atoms in total. The van der Waals surface area contributed by atoms with Crippen LogP contribution >= 0.6 is 0 Å². The van der Waals surface area contributed by atoms with Crippen LogP contribution in [0.3, 0.4) is 0 Å². The van der Waals surface area contributed by atoms with Crippen LogP contribution in [0.2, 0.25) is 0 Å². The minimum atomic E-state index is -0.926. The molecule has 0 saturated carbocycles. The van der Waals surface area contributed by atoms with Crippen molar-refractivity contribution in [3.8, 4) is 0 Å². The molecule has 0 saturated heterocycles. The maximum Gasteiger partial charge on any atom is 0.195 e. The molecule has 1 aliphatic heterocycles. The molecule has 39 heavy (non-hydrogen) atoms. The summed E-state index contributed by atoms with van der Waals surface area (Å²) in [6.07, 6.45) is 6.49. The van der Waals surface area contributed by atoms with E-state index in [-0.39, 0.29) is 5.78 Å². The van der Waals surface area contributed by atoms with Gasteiger partial charge in [-0.2, -0.15) is 0 Å². The van der Waals surface area contributed by atoms with E-state index in [2.05, 4.69) is 43.9 Å². The Morgan fingerprint density at radius 2 is 1.74 bits per heavy atom. The number of aliphatic hydroxyl groups excluding tert-OH is 1. The average molecular weight is 526 g/mol. The second kappa shape index (κ2) is 13.2. The molecule has 0 amide bonds. The van der Waals surface area contributed by atoms with Crippen LogP contribution in [0.5, 0.6) is 0 Å². The van der Waals surface area contributed by atoms with Gasteiger partial charge in [0.1, 0.15) is 0 Å². The first-order valence-electron chi connectivity index (χ1n) is 14.4. The number of anilines is 1. The van der Waals surface area contributed by atoms with Gasteiger partial charge in [-0.05, 0) is 73.9 Å². The number of nitrogens with zero attached hydrogens (tertiary/aromatic N) is 1. The summed E-state index contributed by atoms with van der Waals surface area (Å²) in [4.78, 5) is 16.2. The summed E-state index contributed by atoms with van der Waals surface area (Å²) < 4.78 is 5.88. The summed E-state index contributed by atoms with van der Waals surface area (Å²) in [6.45, 7) is 11.8. The molecule has 3 aromatic carbocycles. The van der Waals surface area contributed by atoms with E-state index >= 15 is 0 Å². The molecule has 0 radical (unpaired) electrons. The molecule has 0 aromatic heterocycles. The number of unbranched alkanes of at least 4 members (excludes halogenated alkanes) is 1. The quantitative estimate of drug-likeness (QED) is 0.147. The SMILES string of the molecule is CCCCC(CC)COC(O)c1ccc2c(c1)CCN2/C=C(/C(=O)c1c(C)cc(C)cc1C)c1ccccc1. The van der Waals surface area contributed by atoms with Crippen LogP contribution in [0.4, 0.5) is 5.69 Å². The normalized spacial score (nSPS) is 14.8. The zero-order valence-corrected chi connectivity index (χ0v) is 24.2. The smallest absolute Gasteiger partial charge is 0.195 e. The van der Waals surface area contributed by atoms with Crippen LogP contribution in [-0.2, 0) is 11.2 Å². The van der Waals surface area contributed by atoms with Gasteiger partial charge < -0.3 is 14.7 Å². The molecular formula is C35H43NO3. The van der Waals surface area contributed by atoms with Gasteiger partial charge in [0, 0.05) is 35.1 Å². The van der Waals surface area contributed by atoms with Crippen molar-refractivity contribution < 1.29 is 14.6 Å². The molecule has 206 valence electrons. The van der Waals surface area contributed by atoms with Crippen LogP contribution < -0.4 is 4.90 Å².